The molecule has 39 heavy (non-hydrogen) atoms. The van der Waals surface area contributed by atoms with Crippen molar-refractivity contribution < 1.29 is 14.2 Å². The maximum atomic E-state index is 6.31. The summed E-state index contributed by atoms with van der Waals surface area (Å²) in [5.74, 6) is 2.03. The molecule has 0 saturated heterocycles. The number of benzene rings is 2. The van der Waals surface area contributed by atoms with Gasteiger partial charge in [-0.3, -0.25) is 0 Å². The second-order valence-electron chi connectivity index (χ2n) is 8.49. The summed E-state index contributed by atoms with van der Waals surface area (Å²) in [4.78, 5) is 16.0. The molecule has 0 amide bonds. The highest BCUT2D eigenvalue weighted by Gasteiger charge is 2.18. The third-order valence-electron chi connectivity index (χ3n) is 5.88. The van der Waals surface area contributed by atoms with E-state index >= 15 is 0 Å². The number of aromatic nitrogens is 3. The Kier molecular flexibility index (Phi) is 7.87. The molecule has 0 aliphatic rings. The van der Waals surface area contributed by atoms with Crippen molar-refractivity contribution in [3.8, 4) is 38.4 Å². The first-order chi connectivity index (χ1) is 18.9. The standard InChI is InChI=1S/C27H28N6O3S3/c1-14-22(38-15(2)30-14)12-29-17-8-6-7-16(9-17)19-13-37-26(32-19)24-25(28)33-27(39-24)31-18-10-20(34-3)23(36-5)21(11-18)35-4/h6-11,13,29H,12,28H2,1-5H3,(H,31,33). The highest BCUT2D eigenvalue weighted by atomic mass is 32.1. The van der Waals surface area contributed by atoms with Crippen molar-refractivity contribution in [1.29, 1.82) is 0 Å². The normalized spacial score (nSPS) is 10.9. The molecule has 3 heterocycles. The quantitative estimate of drug-likeness (QED) is 0.161. The van der Waals surface area contributed by atoms with E-state index in [9.17, 15) is 0 Å². The van der Waals surface area contributed by atoms with Crippen LogP contribution in [0.1, 0.15) is 15.6 Å². The second kappa shape index (κ2) is 11.5. The van der Waals surface area contributed by atoms with Crippen LogP contribution >= 0.6 is 34.0 Å². The summed E-state index contributed by atoms with van der Waals surface area (Å²) in [6.45, 7) is 4.82. The van der Waals surface area contributed by atoms with Gasteiger partial charge in [-0.1, -0.05) is 23.5 Å². The molecule has 2 aromatic carbocycles. The van der Waals surface area contributed by atoms with Crippen molar-refractivity contribution in [1.82, 2.24) is 15.0 Å². The highest BCUT2D eigenvalue weighted by Crippen LogP contribution is 2.43. The Morgan fingerprint density at radius 2 is 1.67 bits per heavy atom. The van der Waals surface area contributed by atoms with Crippen LogP contribution in [0.4, 0.5) is 22.3 Å². The van der Waals surface area contributed by atoms with Crippen LogP contribution < -0.4 is 30.6 Å². The number of nitrogens with zero attached hydrogens (tertiary/aromatic N) is 3. The van der Waals surface area contributed by atoms with Crippen molar-refractivity contribution in [3.63, 3.8) is 0 Å². The largest absolute Gasteiger partial charge is 0.493 e. The van der Waals surface area contributed by atoms with Crippen molar-refractivity contribution >= 4 is 56.3 Å². The van der Waals surface area contributed by atoms with Crippen molar-refractivity contribution in [2.24, 2.45) is 0 Å². The fourth-order valence-electron chi connectivity index (χ4n) is 4.03. The van der Waals surface area contributed by atoms with E-state index in [1.54, 1.807) is 32.7 Å². The molecule has 9 nitrogen and oxygen atoms in total. The van der Waals surface area contributed by atoms with E-state index in [2.05, 4.69) is 38.8 Å². The summed E-state index contributed by atoms with van der Waals surface area (Å²) in [5.41, 5.74) is 11.1. The number of thiazole rings is 3. The number of rotatable bonds is 10. The van der Waals surface area contributed by atoms with E-state index < -0.39 is 0 Å². The first-order valence-corrected chi connectivity index (χ1v) is 14.5. The van der Waals surface area contributed by atoms with Crippen LogP contribution in [0.15, 0.2) is 41.8 Å². The van der Waals surface area contributed by atoms with Gasteiger partial charge >= 0.3 is 0 Å². The molecule has 0 atom stereocenters. The number of aryl methyl sites for hydroxylation is 2. The van der Waals surface area contributed by atoms with E-state index in [1.807, 2.05) is 37.4 Å². The van der Waals surface area contributed by atoms with E-state index in [0.29, 0.717) is 28.2 Å². The Bertz CT molecular complexity index is 1590. The lowest BCUT2D eigenvalue weighted by Gasteiger charge is -2.14. The molecule has 0 aliphatic carbocycles. The number of nitrogens with two attached hydrogens (primary N) is 1. The van der Waals surface area contributed by atoms with Crippen LogP contribution in [0.3, 0.4) is 0 Å². The van der Waals surface area contributed by atoms with Gasteiger partial charge in [0.15, 0.2) is 16.6 Å². The first kappa shape index (κ1) is 26.7. The SMILES string of the molecule is COc1cc(Nc2nc(N)c(-c3nc(-c4cccc(NCc5sc(C)nc5C)c4)cs3)s2)cc(OC)c1OC. The minimum absolute atomic E-state index is 0.418. The Balaban J connectivity index is 1.33. The van der Waals surface area contributed by atoms with Crippen molar-refractivity contribution in [2.75, 3.05) is 37.7 Å². The molecule has 0 unspecified atom stereocenters. The molecule has 0 bridgehead atoms. The molecule has 0 spiro atoms. The van der Waals surface area contributed by atoms with Crippen LogP contribution in [0.25, 0.3) is 21.1 Å². The molecule has 5 rings (SSSR count). The second-order valence-corrected chi connectivity index (χ2v) is 11.6. The van der Waals surface area contributed by atoms with Crippen LogP contribution in [0.2, 0.25) is 0 Å². The number of hydrogen-bond donors (Lipinski definition) is 3. The average Bonchev–Trinajstić information content (AvgIpc) is 3.65. The first-order valence-electron chi connectivity index (χ1n) is 11.9. The Morgan fingerprint density at radius 3 is 2.33 bits per heavy atom. The van der Waals surface area contributed by atoms with Gasteiger partial charge in [0.25, 0.3) is 0 Å². The van der Waals surface area contributed by atoms with Crippen molar-refractivity contribution in [2.45, 2.75) is 20.4 Å². The number of nitrogen functional groups attached to an aromatic ring is 1. The third-order valence-corrected chi connectivity index (χ3v) is 8.93. The Morgan fingerprint density at radius 1 is 0.897 bits per heavy atom. The lowest BCUT2D eigenvalue weighted by Crippen LogP contribution is -1.99. The summed E-state index contributed by atoms with van der Waals surface area (Å²) in [6, 6.07) is 11.9. The summed E-state index contributed by atoms with van der Waals surface area (Å²) in [7, 11) is 4.73. The minimum Gasteiger partial charge on any atom is -0.493 e. The molecule has 202 valence electrons. The maximum Gasteiger partial charge on any atom is 0.203 e. The van der Waals surface area contributed by atoms with Gasteiger partial charge < -0.3 is 30.6 Å². The minimum atomic E-state index is 0.418. The molecular weight excluding hydrogens is 553 g/mol. The smallest absolute Gasteiger partial charge is 0.203 e. The monoisotopic (exact) mass is 580 g/mol. The molecule has 3 aromatic heterocycles. The van der Waals surface area contributed by atoms with Gasteiger partial charge in [0.05, 0.1) is 44.3 Å². The van der Waals surface area contributed by atoms with Gasteiger partial charge in [-0.05, 0) is 26.0 Å². The van der Waals surface area contributed by atoms with Crippen LogP contribution in [-0.2, 0) is 6.54 Å². The molecule has 0 radical (unpaired) electrons. The van der Waals surface area contributed by atoms with E-state index in [4.69, 9.17) is 24.9 Å². The molecular formula is C27H28N6O3S3. The Hall–Kier alpha value is -3.87. The zero-order valence-electron chi connectivity index (χ0n) is 22.1. The molecule has 0 fully saturated rings. The summed E-state index contributed by atoms with van der Waals surface area (Å²) in [5, 5.41) is 11.4. The fraction of sp³-hybridized carbons (Fsp3) is 0.222. The predicted octanol–water partition coefficient (Wildman–Crippen LogP) is 6.97. The van der Waals surface area contributed by atoms with Crippen LogP contribution in [0.5, 0.6) is 17.2 Å². The lowest BCUT2D eigenvalue weighted by molar-refractivity contribution is 0.324. The molecule has 0 aliphatic heterocycles. The van der Waals surface area contributed by atoms with E-state index in [-0.39, 0.29) is 0 Å². The van der Waals surface area contributed by atoms with E-state index in [0.717, 1.165) is 49.8 Å². The van der Waals surface area contributed by atoms with Crippen molar-refractivity contribution in [3.05, 3.63) is 57.4 Å². The fourth-order valence-corrected chi connectivity index (χ4v) is 6.74. The van der Waals surface area contributed by atoms with Crippen LogP contribution in [-0.4, -0.2) is 36.3 Å². The summed E-state index contributed by atoms with van der Waals surface area (Å²) >= 11 is 4.69. The number of ether oxygens (including phenoxy) is 3. The molecule has 4 N–H and O–H groups in total. The average molecular weight is 581 g/mol. The molecule has 5 aromatic rings. The lowest BCUT2D eigenvalue weighted by atomic mass is 10.1. The van der Waals surface area contributed by atoms with Gasteiger partial charge in [0, 0.05) is 39.3 Å². The topological polar surface area (TPSA) is 116 Å². The predicted molar refractivity (Wildman–Crippen MR) is 161 cm³/mol. The highest BCUT2D eigenvalue weighted by molar-refractivity contribution is 7.23. The van der Waals surface area contributed by atoms with Gasteiger partial charge in [-0.25, -0.2) is 15.0 Å². The number of nitrogens with one attached hydrogen (secondary N) is 2. The summed E-state index contributed by atoms with van der Waals surface area (Å²) in [6.07, 6.45) is 0. The van der Waals surface area contributed by atoms with Gasteiger partial charge in [0.1, 0.15) is 15.7 Å². The van der Waals surface area contributed by atoms with Gasteiger partial charge in [-0.15, -0.1) is 22.7 Å². The molecule has 0 saturated carbocycles. The zero-order chi connectivity index (χ0) is 27.5. The number of anilines is 4. The summed E-state index contributed by atoms with van der Waals surface area (Å²) < 4.78 is 16.3. The number of methoxy groups -OCH3 is 3. The third kappa shape index (κ3) is 5.77. The maximum absolute atomic E-state index is 6.31. The zero-order valence-corrected chi connectivity index (χ0v) is 24.6. The van der Waals surface area contributed by atoms with Gasteiger partial charge in [0.2, 0.25) is 5.75 Å². The Labute approximate surface area is 238 Å². The molecule has 12 heteroatoms. The van der Waals surface area contributed by atoms with Crippen LogP contribution in [0, 0.1) is 13.8 Å². The van der Waals surface area contributed by atoms with E-state index in [1.165, 1.54) is 27.6 Å². The number of hydrogen-bond acceptors (Lipinski definition) is 12. The van der Waals surface area contributed by atoms with Gasteiger partial charge in [-0.2, -0.15) is 0 Å².